The van der Waals surface area contributed by atoms with Gasteiger partial charge < -0.3 is 16.0 Å². The van der Waals surface area contributed by atoms with Crippen molar-refractivity contribution in [1.82, 2.24) is 14.9 Å². The number of rotatable bonds is 5. The van der Waals surface area contributed by atoms with E-state index in [4.69, 9.17) is 5.73 Å². The third kappa shape index (κ3) is 4.56. The van der Waals surface area contributed by atoms with Crippen molar-refractivity contribution >= 4 is 11.7 Å². The number of hydrogen-bond acceptors (Lipinski definition) is 5. The number of amides is 1. The monoisotopic (exact) mass is 345 g/mol. The van der Waals surface area contributed by atoms with Crippen LogP contribution in [0, 0.1) is 0 Å². The molecule has 9 heteroatoms. The number of hydrogen-bond donors (Lipinski definition) is 2. The fourth-order valence-electron chi connectivity index (χ4n) is 2.47. The van der Waals surface area contributed by atoms with Crippen LogP contribution in [0.3, 0.4) is 0 Å². The molecule has 1 aromatic rings. The summed E-state index contributed by atoms with van der Waals surface area (Å²) in [6.45, 7) is 3.37. The highest BCUT2D eigenvalue weighted by Gasteiger charge is 2.36. The molecule has 1 aliphatic heterocycles. The predicted molar refractivity (Wildman–Crippen MR) is 83.5 cm³/mol. The molecule has 1 amide bonds. The van der Waals surface area contributed by atoms with Gasteiger partial charge in [-0.25, -0.2) is 9.97 Å². The molecule has 134 valence electrons. The van der Waals surface area contributed by atoms with E-state index < -0.39 is 12.0 Å². The zero-order valence-corrected chi connectivity index (χ0v) is 13.6. The second-order valence-electron chi connectivity index (χ2n) is 5.86. The number of anilines is 1. The maximum absolute atomic E-state index is 12.8. The second-order valence-corrected chi connectivity index (χ2v) is 5.86. The lowest BCUT2D eigenvalue weighted by atomic mass is 10.1. The summed E-state index contributed by atoms with van der Waals surface area (Å²) >= 11 is 0. The zero-order valence-electron chi connectivity index (χ0n) is 13.6. The Bertz CT molecular complexity index is 571. The highest BCUT2D eigenvalue weighted by molar-refractivity contribution is 5.98. The molecule has 0 saturated carbocycles. The summed E-state index contributed by atoms with van der Waals surface area (Å²) in [4.78, 5) is 21.0. The minimum absolute atomic E-state index is 0.0556. The molecule has 0 unspecified atom stereocenters. The number of unbranched alkanes of at least 4 members (excludes halogenated alkanes) is 1. The maximum Gasteiger partial charge on any atom is 0.451 e. The molecular weight excluding hydrogens is 323 g/mol. The number of nitrogens with one attached hydrogen (secondary N) is 1. The van der Waals surface area contributed by atoms with Crippen LogP contribution in [0.15, 0.2) is 6.20 Å². The van der Waals surface area contributed by atoms with Crippen molar-refractivity contribution in [2.24, 2.45) is 5.73 Å². The van der Waals surface area contributed by atoms with Crippen molar-refractivity contribution in [1.29, 1.82) is 0 Å². The number of likely N-dealkylation sites (tertiary alicyclic amines) is 1. The summed E-state index contributed by atoms with van der Waals surface area (Å²) in [5.41, 5.74) is 5.88. The molecule has 2 heterocycles. The smallest absolute Gasteiger partial charge is 0.369 e. The van der Waals surface area contributed by atoms with Crippen molar-refractivity contribution in [2.75, 3.05) is 25.0 Å². The Balaban J connectivity index is 2.24. The molecule has 1 fully saturated rings. The van der Waals surface area contributed by atoms with Gasteiger partial charge in [0.1, 0.15) is 11.4 Å². The largest absolute Gasteiger partial charge is 0.451 e. The second kappa shape index (κ2) is 7.78. The van der Waals surface area contributed by atoms with Crippen LogP contribution in [-0.2, 0) is 6.18 Å². The number of piperidine rings is 1. The maximum atomic E-state index is 12.8. The molecule has 0 radical (unpaired) electrons. The third-order valence-electron chi connectivity index (χ3n) is 3.92. The molecule has 0 aromatic carbocycles. The Hall–Kier alpha value is -1.90. The molecule has 6 nitrogen and oxygen atoms in total. The summed E-state index contributed by atoms with van der Waals surface area (Å²) in [6.07, 6.45) is -0.714. The molecular formula is C15H22F3N5O. The average Bonchev–Trinajstić information content (AvgIpc) is 2.54. The SMILES string of the molecule is CCCCNc1nc(C(F)(F)F)ncc1C(=O)N1CCC(N)CC1. The Morgan fingerprint density at radius 3 is 2.67 bits per heavy atom. The van der Waals surface area contributed by atoms with E-state index in [1.54, 1.807) is 4.90 Å². The number of halogens is 3. The van der Waals surface area contributed by atoms with E-state index in [1.807, 2.05) is 6.92 Å². The quantitative estimate of drug-likeness (QED) is 0.800. The van der Waals surface area contributed by atoms with Gasteiger partial charge in [-0.1, -0.05) is 13.3 Å². The van der Waals surface area contributed by atoms with Gasteiger partial charge in [0.25, 0.3) is 5.91 Å². The highest BCUT2D eigenvalue weighted by atomic mass is 19.4. The van der Waals surface area contributed by atoms with Gasteiger partial charge in [0.15, 0.2) is 0 Å². The fraction of sp³-hybridized carbons (Fsp3) is 0.667. The lowest BCUT2D eigenvalue weighted by molar-refractivity contribution is -0.144. The van der Waals surface area contributed by atoms with Crippen LogP contribution in [0.2, 0.25) is 0 Å². The van der Waals surface area contributed by atoms with Gasteiger partial charge in [0, 0.05) is 31.9 Å². The average molecular weight is 345 g/mol. The molecule has 3 N–H and O–H groups in total. The van der Waals surface area contributed by atoms with E-state index in [1.165, 1.54) is 0 Å². The van der Waals surface area contributed by atoms with E-state index in [0.717, 1.165) is 19.0 Å². The number of nitrogens with two attached hydrogens (primary N) is 1. The Morgan fingerprint density at radius 1 is 1.42 bits per heavy atom. The van der Waals surface area contributed by atoms with Gasteiger partial charge in [0.2, 0.25) is 5.82 Å². The topological polar surface area (TPSA) is 84.1 Å². The summed E-state index contributed by atoms with van der Waals surface area (Å²) in [5.74, 6) is -1.68. The first-order valence-electron chi connectivity index (χ1n) is 8.06. The van der Waals surface area contributed by atoms with Crippen LogP contribution < -0.4 is 11.1 Å². The predicted octanol–water partition coefficient (Wildman–Crippen LogP) is 2.27. The molecule has 1 aromatic heterocycles. The van der Waals surface area contributed by atoms with Gasteiger partial charge in [-0.05, 0) is 19.3 Å². The third-order valence-corrected chi connectivity index (χ3v) is 3.92. The number of nitrogens with zero attached hydrogens (tertiary/aromatic N) is 3. The van der Waals surface area contributed by atoms with E-state index in [9.17, 15) is 18.0 Å². The standard InChI is InChI=1S/C15H22F3N5O/c1-2-3-6-20-12-11(9-21-14(22-12)15(16,17)18)13(24)23-7-4-10(19)5-8-23/h9-10H,2-8,19H2,1H3,(H,20,21,22). The fourth-order valence-corrected chi connectivity index (χ4v) is 2.47. The Kier molecular flexibility index (Phi) is 5.98. The van der Waals surface area contributed by atoms with Gasteiger partial charge in [-0.3, -0.25) is 4.79 Å². The molecule has 1 saturated heterocycles. The number of aromatic nitrogens is 2. The van der Waals surface area contributed by atoms with Crippen molar-refractivity contribution in [3.8, 4) is 0 Å². The first kappa shape index (κ1) is 18.4. The van der Waals surface area contributed by atoms with Gasteiger partial charge in [-0.15, -0.1) is 0 Å². The van der Waals surface area contributed by atoms with Gasteiger partial charge in [-0.2, -0.15) is 13.2 Å². The minimum Gasteiger partial charge on any atom is -0.369 e. The highest BCUT2D eigenvalue weighted by Crippen LogP contribution is 2.28. The molecule has 0 aliphatic carbocycles. The molecule has 0 bridgehead atoms. The van der Waals surface area contributed by atoms with Crippen molar-refractivity contribution < 1.29 is 18.0 Å². The lowest BCUT2D eigenvalue weighted by Gasteiger charge is -2.30. The lowest BCUT2D eigenvalue weighted by Crippen LogP contribution is -2.43. The summed E-state index contributed by atoms with van der Waals surface area (Å²) in [7, 11) is 0. The van der Waals surface area contributed by atoms with E-state index in [0.29, 0.717) is 32.5 Å². The van der Waals surface area contributed by atoms with Crippen LogP contribution in [0.4, 0.5) is 19.0 Å². The van der Waals surface area contributed by atoms with Crippen LogP contribution in [0.5, 0.6) is 0 Å². The minimum atomic E-state index is -4.65. The summed E-state index contributed by atoms with van der Waals surface area (Å²) in [6, 6.07) is 0.0556. The number of carbonyl (C=O) groups excluding carboxylic acids is 1. The Morgan fingerprint density at radius 2 is 2.08 bits per heavy atom. The van der Waals surface area contributed by atoms with Crippen LogP contribution in [0.1, 0.15) is 48.8 Å². The van der Waals surface area contributed by atoms with Gasteiger partial charge >= 0.3 is 6.18 Å². The number of alkyl halides is 3. The zero-order chi connectivity index (χ0) is 17.7. The van der Waals surface area contributed by atoms with E-state index >= 15 is 0 Å². The molecule has 1 aliphatic rings. The first-order chi connectivity index (χ1) is 11.3. The summed E-state index contributed by atoms with van der Waals surface area (Å²) in [5, 5.41) is 2.83. The molecule has 24 heavy (non-hydrogen) atoms. The van der Waals surface area contributed by atoms with Crippen molar-refractivity contribution in [3.05, 3.63) is 17.6 Å². The molecule has 2 rings (SSSR count). The Labute approximate surface area is 138 Å². The number of carbonyl (C=O) groups is 1. The first-order valence-corrected chi connectivity index (χ1v) is 8.06. The van der Waals surface area contributed by atoms with Crippen LogP contribution in [-0.4, -0.2) is 46.5 Å². The van der Waals surface area contributed by atoms with E-state index in [-0.39, 0.29) is 23.3 Å². The van der Waals surface area contributed by atoms with Crippen molar-refractivity contribution in [2.45, 2.75) is 44.8 Å². The van der Waals surface area contributed by atoms with Crippen molar-refractivity contribution in [3.63, 3.8) is 0 Å². The van der Waals surface area contributed by atoms with Crippen LogP contribution in [0.25, 0.3) is 0 Å². The normalized spacial score (nSPS) is 16.3. The van der Waals surface area contributed by atoms with Crippen LogP contribution >= 0.6 is 0 Å². The van der Waals surface area contributed by atoms with Gasteiger partial charge in [0.05, 0.1) is 0 Å². The molecule has 0 atom stereocenters. The molecule has 0 spiro atoms. The summed E-state index contributed by atoms with van der Waals surface area (Å²) < 4.78 is 38.5. The van der Waals surface area contributed by atoms with E-state index in [2.05, 4.69) is 15.3 Å².